The number of carbonyl (C=O) groups excluding carboxylic acids is 1. The lowest BCUT2D eigenvalue weighted by Crippen LogP contribution is -2.24. The quantitative estimate of drug-likeness (QED) is 0.910. The number of hydrogen-bond acceptors (Lipinski definition) is 5. The fourth-order valence-corrected chi connectivity index (χ4v) is 3.10. The van der Waals surface area contributed by atoms with Gasteiger partial charge in [-0.2, -0.15) is 5.10 Å². The van der Waals surface area contributed by atoms with Crippen LogP contribution in [0.25, 0.3) is 6.08 Å². The lowest BCUT2D eigenvalue weighted by molar-refractivity contribution is -0.121. The van der Waals surface area contributed by atoms with E-state index in [9.17, 15) is 13.2 Å². The van der Waals surface area contributed by atoms with Gasteiger partial charge in [0, 0.05) is 19.1 Å². The zero-order valence-corrected chi connectivity index (χ0v) is 12.6. The van der Waals surface area contributed by atoms with Crippen molar-refractivity contribution >= 4 is 27.5 Å². The highest BCUT2D eigenvalue weighted by molar-refractivity contribution is 7.90. The second kappa shape index (κ2) is 6.09. The fourth-order valence-electron chi connectivity index (χ4n) is 2.02. The normalized spacial score (nSPS) is 15.7. The Kier molecular flexibility index (Phi) is 4.42. The minimum Gasteiger partial charge on any atom is -0.495 e. The molecule has 1 aliphatic rings. The Morgan fingerprint density at radius 3 is 2.62 bits per heavy atom. The summed E-state index contributed by atoms with van der Waals surface area (Å²) >= 11 is 0. The molecule has 1 amide bonds. The minimum absolute atomic E-state index is 0.120. The summed E-state index contributed by atoms with van der Waals surface area (Å²) in [6.07, 6.45) is 5.40. The van der Waals surface area contributed by atoms with Gasteiger partial charge in [-0.05, 0) is 17.7 Å². The van der Waals surface area contributed by atoms with Gasteiger partial charge in [-0.15, -0.1) is 0 Å². The number of hydrazone groups is 1. The number of benzene rings is 1. The largest absolute Gasteiger partial charge is 0.495 e. The highest BCUT2D eigenvalue weighted by Gasteiger charge is 2.18. The predicted molar refractivity (Wildman–Crippen MR) is 79.9 cm³/mol. The van der Waals surface area contributed by atoms with Crippen molar-refractivity contribution < 1.29 is 17.9 Å². The molecule has 6 nitrogen and oxygen atoms in total. The van der Waals surface area contributed by atoms with Crippen molar-refractivity contribution in [3.8, 4) is 5.75 Å². The van der Waals surface area contributed by atoms with Crippen LogP contribution in [0, 0.1) is 0 Å². The van der Waals surface area contributed by atoms with Crippen LogP contribution in [0.1, 0.15) is 18.4 Å². The van der Waals surface area contributed by atoms with Crippen molar-refractivity contribution in [2.75, 3.05) is 13.4 Å². The van der Waals surface area contributed by atoms with Crippen molar-refractivity contribution in [2.24, 2.45) is 5.10 Å². The van der Waals surface area contributed by atoms with Crippen molar-refractivity contribution in [3.63, 3.8) is 0 Å². The number of hydrogen-bond donors (Lipinski definition) is 1. The fraction of sp³-hybridized carbons (Fsp3) is 0.286. The van der Waals surface area contributed by atoms with E-state index in [2.05, 4.69) is 10.5 Å². The van der Waals surface area contributed by atoms with Crippen molar-refractivity contribution in [1.29, 1.82) is 0 Å². The number of carbonyl (C=O) groups is 1. The Labute approximate surface area is 123 Å². The van der Waals surface area contributed by atoms with Crippen molar-refractivity contribution in [3.05, 3.63) is 29.8 Å². The molecule has 1 aromatic carbocycles. The molecule has 0 aliphatic carbocycles. The smallest absolute Gasteiger partial charge is 0.240 e. The molecule has 21 heavy (non-hydrogen) atoms. The zero-order valence-electron chi connectivity index (χ0n) is 11.8. The van der Waals surface area contributed by atoms with Crippen LogP contribution in [-0.4, -0.2) is 33.4 Å². The van der Waals surface area contributed by atoms with Gasteiger partial charge >= 0.3 is 0 Å². The number of rotatable bonds is 4. The van der Waals surface area contributed by atoms with Gasteiger partial charge in [-0.25, -0.2) is 13.8 Å². The molecule has 0 spiro atoms. The summed E-state index contributed by atoms with van der Waals surface area (Å²) in [5.74, 6) is 0.184. The number of amides is 1. The molecule has 1 aromatic rings. The highest BCUT2D eigenvalue weighted by atomic mass is 32.2. The summed E-state index contributed by atoms with van der Waals surface area (Å²) < 4.78 is 29.0. The second-order valence-corrected chi connectivity index (χ2v) is 6.57. The number of ether oxygens (including phenoxy) is 1. The zero-order chi connectivity index (χ0) is 15.5. The van der Waals surface area contributed by atoms with Gasteiger partial charge in [0.2, 0.25) is 5.91 Å². The highest BCUT2D eigenvalue weighted by Crippen LogP contribution is 2.28. The van der Waals surface area contributed by atoms with Crippen LogP contribution in [0.15, 0.2) is 34.3 Å². The Morgan fingerprint density at radius 1 is 1.29 bits per heavy atom. The first-order chi connectivity index (χ1) is 9.91. The summed E-state index contributed by atoms with van der Waals surface area (Å²) in [7, 11) is -1.99. The van der Waals surface area contributed by atoms with E-state index in [0.29, 0.717) is 29.9 Å². The monoisotopic (exact) mass is 308 g/mol. The van der Waals surface area contributed by atoms with Gasteiger partial charge in [-0.1, -0.05) is 18.2 Å². The third-order valence-corrected chi connectivity index (χ3v) is 4.17. The van der Waals surface area contributed by atoms with Crippen LogP contribution in [-0.2, 0) is 14.6 Å². The van der Waals surface area contributed by atoms with Gasteiger partial charge in [-0.3, -0.25) is 4.79 Å². The molecule has 0 atom stereocenters. The standard InChI is InChI=1S/C14H16N2O4S/c1-20-12-5-3-4-10(14(12)21(2,18)19)6-7-11-8-9-13(17)16-15-11/h3-7H,8-9H2,1-2H3,(H,16,17). The Morgan fingerprint density at radius 2 is 2.05 bits per heavy atom. The average Bonchev–Trinajstić information content (AvgIpc) is 2.45. The van der Waals surface area contributed by atoms with Gasteiger partial charge in [0.05, 0.1) is 12.8 Å². The predicted octanol–water partition coefficient (Wildman–Crippen LogP) is 1.38. The summed E-state index contributed by atoms with van der Waals surface area (Å²) in [6, 6.07) is 5.01. The number of allylic oxidation sites excluding steroid dienone is 1. The lowest BCUT2D eigenvalue weighted by atomic mass is 10.1. The molecule has 0 saturated carbocycles. The number of sulfone groups is 1. The van der Waals surface area contributed by atoms with Crippen LogP contribution >= 0.6 is 0 Å². The molecule has 7 heteroatoms. The Hall–Kier alpha value is -2.15. The Balaban J connectivity index is 2.39. The van der Waals surface area contributed by atoms with Gasteiger partial charge in [0.25, 0.3) is 0 Å². The van der Waals surface area contributed by atoms with Crippen LogP contribution in [0.4, 0.5) is 0 Å². The first kappa shape index (κ1) is 15.2. The van der Waals surface area contributed by atoms with E-state index in [1.165, 1.54) is 7.11 Å². The molecule has 1 heterocycles. The molecule has 2 rings (SSSR count). The second-order valence-electron chi connectivity index (χ2n) is 4.62. The minimum atomic E-state index is -3.42. The van der Waals surface area contributed by atoms with Crippen LogP contribution in [0.3, 0.4) is 0 Å². The number of methoxy groups -OCH3 is 1. The van der Waals surface area contributed by atoms with Gasteiger partial charge in [0.15, 0.2) is 9.84 Å². The first-order valence-electron chi connectivity index (χ1n) is 6.32. The molecule has 112 valence electrons. The van der Waals surface area contributed by atoms with E-state index in [1.807, 2.05) is 0 Å². The van der Waals surface area contributed by atoms with Crippen LogP contribution in [0.2, 0.25) is 0 Å². The molecule has 0 saturated heterocycles. The summed E-state index contributed by atoms with van der Waals surface area (Å²) in [4.78, 5) is 11.2. The molecule has 0 bridgehead atoms. The SMILES string of the molecule is COc1cccc(C=CC2=NNC(=O)CC2)c1S(C)(=O)=O. The van der Waals surface area contributed by atoms with E-state index in [1.54, 1.807) is 30.4 Å². The van der Waals surface area contributed by atoms with E-state index >= 15 is 0 Å². The molecule has 1 aliphatic heterocycles. The van der Waals surface area contributed by atoms with Crippen molar-refractivity contribution in [2.45, 2.75) is 17.7 Å². The van der Waals surface area contributed by atoms with E-state index in [0.717, 1.165) is 6.26 Å². The third-order valence-electron chi connectivity index (χ3n) is 2.99. The molecule has 0 unspecified atom stereocenters. The molecule has 0 aromatic heterocycles. The van der Waals surface area contributed by atoms with E-state index in [-0.39, 0.29) is 10.8 Å². The maximum absolute atomic E-state index is 11.9. The first-order valence-corrected chi connectivity index (χ1v) is 8.21. The molecular formula is C14H16N2O4S. The maximum Gasteiger partial charge on any atom is 0.240 e. The van der Waals surface area contributed by atoms with E-state index in [4.69, 9.17) is 4.74 Å². The molecule has 1 N–H and O–H groups in total. The van der Waals surface area contributed by atoms with Gasteiger partial charge < -0.3 is 4.74 Å². The van der Waals surface area contributed by atoms with Crippen LogP contribution < -0.4 is 10.2 Å². The Bertz CT molecular complexity index is 720. The molecule has 0 fully saturated rings. The van der Waals surface area contributed by atoms with Crippen LogP contribution in [0.5, 0.6) is 5.75 Å². The lowest BCUT2D eigenvalue weighted by Gasteiger charge is -2.11. The van der Waals surface area contributed by atoms with Gasteiger partial charge in [0.1, 0.15) is 10.6 Å². The van der Waals surface area contributed by atoms with E-state index < -0.39 is 9.84 Å². The summed E-state index contributed by atoms with van der Waals surface area (Å²) in [6.45, 7) is 0. The molecule has 0 radical (unpaired) electrons. The molecular weight excluding hydrogens is 292 g/mol. The average molecular weight is 308 g/mol. The summed E-state index contributed by atoms with van der Waals surface area (Å²) in [5.41, 5.74) is 3.61. The maximum atomic E-state index is 11.9. The number of nitrogens with zero attached hydrogens (tertiary/aromatic N) is 1. The topological polar surface area (TPSA) is 84.8 Å². The summed E-state index contributed by atoms with van der Waals surface area (Å²) in [5, 5.41) is 3.91. The third kappa shape index (κ3) is 3.69. The number of nitrogens with one attached hydrogen (secondary N) is 1. The van der Waals surface area contributed by atoms with Crippen molar-refractivity contribution in [1.82, 2.24) is 5.43 Å².